The number of benzene rings is 2. The van der Waals surface area contributed by atoms with Crippen LogP contribution in [0.1, 0.15) is 27.0 Å². The van der Waals surface area contributed by atoms with E-state index in [9.17, 15) is 19.8 Å². The zero-order valence-electron chi connectivity index (χ0n) is 15.8. The first kappa shape index (κ1) is 20.1. The molecule has 0 saturated carbocycles. The van der Waals surface area contributed by atoms with E-state index in [1.807, 2.05) is 0 Å². The monoisotopic (exact) mass is 373 g/mol. The lowest BCUT2D eigenvalue weighted by molar-refractivity contribution is -0.137. The standard InChI is InChI=1S/C20H23NO6/c1-12-7-13(2)19(24)15(8-12)20(25)21(11-18(22)23)10-14-5-6-16(26-3)17(9-14)27-4/h5-9,24H,10-11H2,1-4H3,(H,22,23). The fraction of sp³-hybridized carbons (Fsp3) is 0.300. The van der Waals surface area contributed by atoms with Crippen molar-refractivity contribution in [2.75, 3.05) is 20.8 Å². The Balaban J connectivity index is 2.38. The number of methoxy groups -OCH3 is 2. The number of aliphatic carboxylic acids is 1. The Morgan fingerprint density at radius 1 is 1.04 bits per heavy atom. The van der Waals surface area contributed by atoms with Crippen molar-refractivity contribution < 1.29 is 29.3 Å². The molecule has 0 aliphatic rings. The molecule has 2 N–H and O–H groups in total. The minimum absolute atomic E-state index is 0.0396. The van der Waals surface area contributed by atoms with E-state index in [4.69, 9.17) is 9.47 Å². The van der Waals surface area contributed by atoms with Gasteiger partial charge >= 0.3 is 5.97 Å². The van der Waals surface area contributed by atoms with E-state index >= 15 is 0 Å². The third-order valence-corrected chi connectivity index (χ3v) is 4.11. The van der Waals surface area contributed by atoms with Crippen LogP contribution in [0.5, 0.6) is 17.2 Å². The summed E-state index contributed by atoms with van der Waals surface area (Å²) in [4.78, 5) is 25.4. The average Bonchev–Trinajstić information content (AvgIpc) is 2.63. The summed E-state index contributed by atoms with van der Waals surface area (Å²) in [5.41, 5.74) is 2.11. The van der Waals surface area contributed by atoms with Crippen molar-refractivity contribution >= 4 is 11.9 Å². The number of ether oxygens (including phenoxy) is 2. The van der Waals surface area contributed by atoms with Crippen LogP contribution in [-0.4, -0.2) is 47.8 Å². The molecular weight excluding hydrogens is 350 g/mol. The van der Waals surface area contributed by atoms with E-state index in [1.54, 1.807) is 44.2 Å². The van der Waals surface area contributed by atoms with Crippen molar-refractivity contribution in [1.29, 1.82) is 0 Å². The number of aryl methyl sites for hydroxylation is 2. The Hall–Kier alpha value is -3.22. The molecule has 0 aliphatic heterocycles. The molecular formula is C20H23NO6. The lowest BCUT2D eigenvalue weighted by Gasteiger charge is -2.22. The Bertz CT molecular complexity index is 862. The maximum Gasteiger partial charge on any atom is 0.323 e. The van der Waals surface area contributed by atoms with Gasteiger partial charge in [0.15, 0.2) is 11.5 Å². The molecule has 0 spiro atoms. The maximum atomic E-state index is 12.9. The van der Waals surface area contributed by atoms with Crippen LogP contribution in [0, 0.1) is 13.8 Å². The van der Waals surface area contributed by atoms with Gasteiger partial charge in [0.1, 0.15) is 12.3 Å². The smallest absolute Gasteiger partial charge is 0.323 e. The van der Waals surface area contributed by atoms with Gasteiger partial charge < -0.3 is 24.6 Å². The molecule has 0 saturated heterocycles. The molecule has 144 valence electrons. The van der Waals surface area contributed by atoms with Crippen LogP contribution in [0.3, 0.4) is 0 Å². The van der Waals surface area contributed by atoms with Gasteiger partial charge in [-0.2, -0.15) is 0 Å². The van der Waals surface area contributed by atoms with Crippen LogP contribution in [0.2, 0.25) is 0 Å². The zero-order valence-corrected chi connectivity index (χ0v) is 15.8. The van der Waals surface area contributed by atoms with Crippen LogP contribution < -0.4 is 9.47 Å². The van der Waals surface area contributed by atoms with Crippen LogP contribution in [0.15, 0.2) is 30.3 Å². The number of phenols is 1. The molecule has 2 aromatic carbocycles. The van der Waals surface area contributed by atoms with Crippen molar-refractivity contribution in [3.8, 4) is 17.2 Å². The van der Waals surface area contributed by atoms with E-state index in [-0.39, 0.29) is 17.9 Å². The summed E-state index contributed by atoms with van der Waals surface area (Å²) in [6.45, 7) is 3.03. The van der Waals surface area contributed by atoms with Crippen LogP contribution in [0.25, 0.3) is 0 Å². The molecule has 1 amide bonds. The van der Waals surface area contributed by atoms with Gasteiger partial charge in [0.25, 0.3) is 5.91 Å². The van der Waals surface area contributed by atoms with Gasteiger partial charge in [0, 0.05) is 6.54 Å². The number of carboxylic acids is 1. The van der Waals surface area contributed by atoms with E-state index in [2.05, 4.69) is 0 Å². The number of aromatic hydroxyl groups is 1. The van der Waals surface area contributed by atoms with Gasteiger partial charge in [-0.3, -0.25) is 9.59 Å². The molecule has 0 aromatic heterocycles. The largest absolute Gasteiger partial charge is 0.507 e. The summed E-state index contributed by atoms with van der Waals surface area (Å²) in [6.07, 6.45) is 0. The molecule has 2 aromatic rings. The highest BCUT2D eigenvalue weighted by molar-refractivity contribution is 5.98. The first-order valence-electron chi connectivity index (χ1n) is 8.29. The fourth-order valence-corrected chi connectivity index (χ4v) is 2.86. The normalized spacial score (nSPS) is 10.4. The second-order valence-electron chi connectivity index (χ2n) is 6.22. The van der Waals surface area contributed by atoms with Gasteiger partial charge in [0.2, 0.25) is 0 Å². The van der Waals surface area contributed by atoms with Gasteiger partial charge in [-0.25, -0.2) is 0 Å². The van der Waals surface area contributed by atoms with Crippen molar-refractivity contribution in [3.05, 3.63) is 52.6 Å². The van der Waals surface area contributed by atoms with E-state index in [0.717, 1.165) is 10.5 Å². The minimum Gasteiger partial charge on any atom is -0.507 e. The van der Waals surface area contributed by atoms with Crippen molar-refractivity contribution in [2.24, 2.45) is 0 Å². The second kappa shape index (κ2) is 8.44. The number of hydrogen-bond acceptors (Lipinski definition) is 5. The average molecular weight is 373 g/mol. The number of amides is 1. The highest BCUT2D eigenvalue weighted by Gasteiger charge is 2.23. The Kier molecular flexibility index (Phi) is 6.28. The highest BCUT2D eigenvalue weighted by atomic mass is 16.5. The molecule has 0 atom stereocenters. The predicted octanol–water partition coefficient (Wildman–Crippen LogP) is 2.75. The van der Waals surface area contributed by atoms with Crippen molar-refractivity contribution in [3.63, 3.8) is 0 Å². The lowest BCUT2D eigenvalue weighted by Crippen LogP contribution is -2.35. The predicted molar refractivity (Wildman–Crippen MR) is 99.5 cm³/mol. The van der Waals surface area contributed by atoms with Crippen LogP contribution >= 0.6 is 0 Å². The topological polar surface area (TPSA) is 96.3 Å². The minimum atomic E-state index is -1.15. The van der Waals surface area contributed by atoms with Gasteiger partial charge in [-0.1, -0.05) is 12.1 Å². The number of hydrogen-bond donors (Lipinski definition) is 2. The van der Waals surface area contributed by atoms with Gasteiger partial charge in [-0.05, 0) is 48.7 Å². The quantitative estimate of drug-likeness (QED) is 0.775. The molecule has 7 nitrogen and oxygen atoms in total. The van der Waals surface area contributed by atoms with E-state index in [0.29, 0.717) is 22.6 Å². The number of carbonyl (C=O) groups excluding carboxylic acids is 1. The molecule has 0 unspecified atom stereocenters. The third-order valence-electron chi connectivity index (χ3n) is 4.11. The van der Waals surface area contributed by atoms with Gasteiger partial charge in [-0.15, -0.1) is 0 Å². The number of rotatable bonds is 7. The highest BCUT2D eigenvalue weighted by Crippen LogP contribution is 2.29. The summed E-state index contributed by atoms with van der Waals surface area (Å²) >= 11 is 0. The third kappa shape index (κ3) is 4.69. The summed E-state index contributed by atoms with van der Waals surface area (Å²) in [5, 5.41) is 19.5. The Morgan fingerprint density at radius 2 is 1.70 bits per heavy atom. The second-order valence-corrected chi connectivity index (χ2v) is 6.22. The van der Waals surface area contributed by atoms with E-state index < -0.39 is 18.4 Å². The molecule has 0 bridgehead atoms. The molecule has 7 heteroatoms. The van der Waals surface area contributed by atoms with Crippen LogP contribution in [0.4, 0.5) is 0 Å². The molecule has 2 rings (SSSR count). The fourth-order valence-electron chi connectivity index (χ4n) is 2.86. The lowest BCUT2D eigenvalue weighted by atomic mass is 10.0. The Labute approximate surface area is 157 Å². The summed E-state index contributed by atoms with van der Waals surface area (Å²) in [6, 6.07) is 8.40. The molecule has 0 aliphatic carbocycles. The first-order valence-corrected chi connectivity index (χ1v) is 8.29. The van der Waals surface area contributed by atoms with Gasteiger partial charge in [0.05, 0.1) is 19.8 Å². The number of phenolic OH excluding ortho intramolecular Hbond substituents is 1. The number of nitrogens with zero attached hydrogens (tertiary/aromatic N) is 1. The Morgan fingerprint density at radius 3 is 2.30 bits per heavy atom. The van der Waals surface area contributed by atoms with Crippen molar-refractivity contribution in [1.82, 2.24) is 4.90 Å². The SMILES string of the molecule is COc1ccc(CN(CC(=O)O)C(=O)c2cc(C)cc(C)c2O)cc1OC. The summed E-state index contributed by atoms with van der Waals surface area (Å²) in [5.74, 6) is -0.839. The zero-order chi connectivity index (χ0) is 20.1. The molecule has 0 heterocycles. The number of carbonyl (C=O) groups is 2. The van der Waals surface area contributed by atoms with Crippen LogP contribution in [-0.2, 0) is 11.3 Å². The molecule has 0 fully saturated rings. The first-order chi connectivity index (χ1) is 12.8. The molecule has 27 heavy (non-hydrogen) atoms. The summed E-state index contributed by atoms with van der Waals surface area (Å²) in [7, 11) is 3.01. The molecule has 0 radical (unpaired) electrons. The summed E-state index contributed by atoms with van der Waals surface area (Å²) < 4.78 is 10.4. The van der Waals surface area contributed by atoms with Crippen molar-refractivity contribution in [2.45, 2.75) is 20.4 Å². The number of carboxylic acid groups (broad SMARTS) is 1. The van der Waals surface area contributed by atoms with E-state index in [1.165, 1.54) is 14.2 Å². The maximum absolute atomic E-state index is 12.9.